The third-order valence-electron chi connectivity index (χ3n) is 4.11. The molecule has 3 aromatic rings. The first-order valence-corrected chi connectivity index (χ1v) is 11.0. The number of hydrogen-bond acceptors (Lipinski definition) is 5. The van der Waals surface area contributed by atoms with E-state index in [0.29, 0.717) is 17.2 Å². The molecule has 9 heteroatoms. The minimum atomic E-state index is -3.79. The van der Waals surface area contributed by atoms with Crippen molar-refractivity contribution in [3.8, 4) is 11.5 Å². The zero-order valence-electron chi connectivity index (χ0n) is 16.2. The Morgan fingerprint density at radius 2 is 1.50 bits per heavy atom. The van der Waals surface area contributed by atoms with Gasteiger partial charge < -0.3 is 14.8 Å². The normalized spacial score (nSPS) is 10.9. The van der Waals surface area contributed by atoms with Crippen LogP contribution >= 0.6 is 15.9 Å². The lowest BCUT2D eigenvalue weighted by Gasteiger charge is -2.11. The highest BCUT2D eigenvalue weighted by molar-refractivity contribution is 9.10. The monoisotopic (exact) mass is 490 g/mol. The molecule has 0 aliphatic carbocycles. The number of amides is 1. The molecule has 0 saturated carbocycles. The van der Waals surface area contributed by atoms with Crippen LogP contribution in [0, 0.1) is 0 Å². The molecule has 1 amide bonds. The SMILES string of the molecule is COc1cc(NC(=O)c2cccc(NS(=O)(=O)c3ccc(Br)cc3)c2)cc(OC)c1. The van der Waals surface area contributed by atoms with Crippen molar-refractivity contribution in [3.05, 3.63) is 76.8 Å². The van der Waals surface area contributed by atoms with E-state index in [4.69, 9.17) is 9.47 Å². The van der Waals surface area contributed by atoms with Gasteiger partial charge in [0.05, 0.1) is 19.1 Å². The van der Waals surface area contributed by atoms with Crippen LogP contribution in [-0.2, 0) is 10.0 Å². The van der Waals surface area contributed by atoms with Crippen LogP contribution in [0.25, 0.3) is 0 Å². The number of ether oxygens (including phenoxy) is 2. The summed E-state index contributed by atoms with van der Waals surface area (Å²) in [6.07, 6.45) is 0. The van der Waals surface area contributed by atoms with E-state index in [1.54, 1.807) is 48.5 Å². The second kappa shape index (κ2) is 9.19. The fourth-order valence-corrected chi connectivity index (χ4v) is 3.95. The number of methoxy groups -OCH3 is 2. The van der Waals surface area contributed by atoms with Crippen molar-refractivity contribution >= 4 is 43.2 Å². The second-order valence-corrected chi connectivity index (χ2v) is 8.79. The summed E-state index contributed by atoms with van der Waals surface area (Å²) in [6, 6.07) is 17.5. The van der Waals surface area contributed by atoms with Gasteiger partial charge in [-0.1, -0.05) is 22.0 Å². The molecule has 0 spiro atoms. The van der Waals surface area contributed by atoms with E-state index in [1.807, 2.05) is 0 Å². The van der Waals surface area contributed by atoms with E-state index >= 15 is 0 Å². The van der Waals surface area contributed by atoms with Gasteiger partial charge in [-0.15, -0.1) is 0 Å². The molecule has 0 atom stereocenters. The first kappa shape index (κ1) is 21.7. The molecule has 3 aromatic carbocycles. The van der Waals surface area contributed by atoms with Crippen LogP contribution in [0.1, 0.15) is 10.4 Å². The maximum absolute atomic E-state index is 12.7. The Hall–Kier alpha value is -3.04. The number of carbonyl (C=O) groups excluding carboxylic acids is 1. The number of anilines is 2. The first-order valence-electron chi connectivity index (χ1n) is 8.73. The second-order valence-electron chi connectivity index (χ2n) is 6.20. The van der Waals surface area contributed by atoms with Gasteiger partial charge >= 0.3 is 0 Å². The van der Waals surface area contributed by atoms with Crippen LogP contribution in [0.3, 0.4) is 0 Å². The quantitative estimate of drug-likeness (QED) is 0.507. The van der Waals surface area contributed by atoms with Crippen molar-refractivity contribution < 1.29 is 22.7 Å². The van der Waals surface area contributed by atoms with Gasteiger partial charge in [-0.3, -0.25) is 9.52 Å². The Bertz CT molecular complexity index is 1140. The average molecular weight is 491 g/mol. The molecule has 7 nitrogen and oxygen atoms in total. The Balaban J connectivity index is 1.79. The molecule has 0 heterocycles. The summed E-state index contributed by atoms with van der Waals surface area (Å²) in [4.78, 5) is 12.8. The number of halogens is 1. The predicted molar refractivity (Wildman–Crippen MR) is 119 cm³/mol. The summed E-state index contributed by atoms with van der Waals surface area (Å²) in [5.74, 6) is 0.649. The van der Waals surface area contributed by atoms with E-state index in [0.717, 1.165) is 4.47 Å². The molecule has 3 rings (SSSR count). The van der Waals surface area contributed by atoms with E-state index in [9.17, 15) is 13.2 Å². The van der Waals surface area contributed by atoms with E-state index in [1.165, 1.54) is 32.4 Å². The van der Waals surface area contributed by atoms with E-state index in [2.05, 4.69) is 26.0 Å². The Labute approximate surface area is 183 Å². The Kier molecular flexibility index (Phi) is 6.63. The van der Waals surface area contributed by atoms with Gasteiger partial charge in [0.1, 0.15) is 11.5 Å². The molecular weight excluding hydrogens is 472 g/mol. The third-order valence-corrected chi connectivity index (χ3v) is 6.04. The maximum atomic E-state index is 12.7. The van der Waals surface area contributed by atoms with Crippen LogP contribution < -0.4 is 19.5 Å². The fraction of sp³-hybridized carbons (Fsp3) is 0.0952. The molecule has 0 fully saturated rings. The van der Waals surface area contributed by atoms with Gasteiger partial charge in [0, 0.05) is 39.6 Å². The minimum Gasteiger partial charge on any atom is -0.497 e. The zero-order chi connectivity index (χ0) is 21.7. The van der Waals surface area contributed by atoms with Crippen LogP contribution in [0.5, 0.6) is 11.5 Å². The first-order chi connectivity index (χ1) is 14.3. The summed E-state index contributed by atoms with van der Waals surface area (Å²) in [5.41, 5.74) is 1.04. The van der Waals surface area contributed by atoms with Gasteiger partial charge in [-0.25, -0.2) is 8.42 Å². The van der Waals surface area contributed by atoms with Crippen LogP contribution in [-0.4, -0.2) is 28.5 Å². The van der Waals surface area contributed by atoms with E-state index in [-0.39, 0.29) is 16.1 Å². The molecule has 0 aliphatic rings. The molecule has 0 aliphatic heterocycles. The Morgan fingerprint density at radius 3 is 2.10 bits per heavy atom. The van der Waals surface area contributed by atoms with Gasteiger partial charge in [0.25, 0.3) is 15.9 Å². The summed E-state index contributed by atoms with van der Waals surface area (Å²) in [6.45, 7) is 0. The topological polar surface area (TPSA) is 93.7 Å². The molecule has 30 heavy (non-hydrogen) atoms. The summed E-state index contributed by atoms with van der Waals surface area (Å²) >= 11 is 3.27. The van der Waals surface area contributed by atoms with Gasteiger partial charge in [-0.2, -0.15) is 0 Å². The van der Waals surface area contributed by atoms with Crippen molar-refractivity contribution in [2.45, 2.75) is 4.90 Å². The number of rotatable bonds is 7. The van der Waals surface area contributed by atoms with Crippen LogP contribution in [0.2, 0.25) is 0 Å². The lowest BCUT2D eigenvalue weighted by atomic mass is 10.2. The number of sulfonamides is 1. The smallest absolute Gasteiger partial charge is 0.261 e. The summed E-state index contributed by atoms with van der Waals surface area (Å²) in [7, 11) is -0.755. The number of benzene rings is 3. The molecule has 0 radical (unpaired) electrons. The largest absolute Gasteiger partial charge is 0.497 e. The molecule has 0 unspecified atom stereocenters. The number of carbonyl (C=O) groups is 1. The predicted octanol–water partition coefficient (Wildman–Crippen LogP) is 4.52. The number of nitrogens with one attached hydrogen (secondary N) is 2. The van der Waals surface area contributed by atoms with Gasteiger partial charge in [0.15, 0.2) is 0 Å². The van der Waals surface area contributed by atoms with Crippen molar-refractivity contribution in [1.82, 2.24) is 0 Å². The van der Waals surface area contributed by atoms with Crippen molar-refractivity contribution in [3.63, 3.8) is 0 Å². The number of hydrogen-bond donors (Lipinski definition) is 2. The molecule has 2 N–H and O–H groups in total. The highest BCUT2D eigenvalue weighted by Crippen LogP contribution is 2.26. The molecule has 156 valence electrons. The average Bonchev–Trinajstić information content (AvgIpc) is 2.73. The third kappa shape index (κ3) is 5.31. The van der Waals surface area contributed by atoms with Gasteiger partial charge in [0.2, 0.25) is 0 Å². The summed E-state index contributed by atoms with van der Waals surface area (Å²) < 4.78 is 38.8. The lowest BCUT2D eigenvalue weighted by molar-refractivity contribution is 0.102. The van der Waals surface area contributed by atoms with Gasteiger partial charge in [-0.05, 0) is 42.5 Å². The summed E-state index contributed by atoms with van der Waals surface area (Å²) in [5, 5.41) is 2.75. The fourth-order valence-electron chi connectivity index (χ4n) is 2.63. The molecule has 0 saturated heterocycles. The highest BCUT2D eigenvalue weighted by Gasteiger charge is 2.15. The highest BCUT2D eigenvalue weighted by atomic mass is 79.9. The molecule has 0 bridgehead atoms. The van der Waals surface area contributed by atoms with Crippen LogP contribution in [0.15, 0.2) is 76.1 Å². The van der Waals surface area contributed by atoms with Crippen molar-refractivity contribution in [1.29, 1.82) is 0 Å². The van der Waals surface area contributed by atoms with Crippen molar-refractivity contribution in [2.75, 3.05) is 24.3 Å². The molecular formula is C21H19BrN2O5S. The van der Waals surface area contributed by atoms with Crippen LogP contribution in [0.4, 0.5) is 11.4 Å². The maximum Gasteiger partial charge on any atom is 0.261 e. The van der Waals surface area contributed by atoms with Crippen molar-refractivity contribution in [2.24, 2.45) is 0 Å². The standard InChI is InChI=1S/C21H19BrN2O5S/c1-28-18-11-17(12-19(13-18)29-2)23-21(25)14-4-3-5-16(10-14)24-30(26,27)20-8-6-15(22)7-9-20/h3-13,24H,1-2H3,(H,23,25). The van der Waals surface area contributed by atoms with E-state index < -0.39 is 15.9 Å². The Morgan fingerprint density at radius 1 is 0.867 bits per heavy atom. The molecule has 0 aromatic heterocycles. The minimum absolute atomic E-state index is 0.115. The zero-order valence-corrected chi connectivity index (χ0v) is 18.6. The lowest BCUT2D eigenvalue weighted by Crippen LogP contribution is -2.15.